The molecule has 0 bridgehead atoms. The largest absolute Gasteiger partial charge is 0.454 e. The van der Waals surface area contributed by atoms with Crippen LogP contribution in [-0.2, 0) is 0 Å². The fourth-order valence-corrected chi connectivity index (χ4v) is 2.65. The van der Waals surface area contributed by atoms with Gasteiger partial charge in [-0.1, -0.05) is 18.2 Å². The SMILES string of the molecule is NC(=O)N(c1ccccc1)c1nc(N)nnc1-c1ccc2c(c1)OCO2. The van der Waals surface area contributed by atoms with E-state index in [-0.39, 0.29) is 18.6 Å². The number of hydrogen-bond acceptors (Lipinski definition) is 7. The molecule has 9 nitrogen and oxygen atoms in total. The summed E-state index contributed by atoms with van der Waals surface area (Å²) in [7, 11) is 0. The molecule has 0 spiro atoms. The third kappa shape index (κ3) is 2.71. The summed E-state index contributed by atoms with van der Waals surface area (Å²) in [6, 6.07) is 13.4. The highest BCUT2D eigenvalue weighted by atomic mass is 16.7. The molecular weight excluding hydrogens is 336 g/mol. The number of carbonyl (C=O) groups is 1. The van der Waals surface area contributed by atoms with Gasteiger partial charge in [-0.25, -0.2) is 9.69 Å². The molecule has 26 heavy (non-hydrogen) atoms. The Morgan fingerprint density at radius 3 is 2.58 bits per heavy atom. The summed E-state index contributed by atoms with van der Waals surface area (Å²) in [4.78, 5) is 17.6. The molecule has 0 unspecified atom stereocenters. The Morgan fingerprint density at radius 1 is 1.04 bits per heavy atom. The highest BCUT2D eigenvalue weighted by molar-refractivity contribution is 6.00. The number of para-hydroxylation sites is 1. The quantitative estimate of drug-likeness (QED) is 0.739. The summed E-state index contributed by atoms with van der Waals surface area (Å²) < 4.78 is 10.7. The second-order valence-corrected chi connectivity index (χ2v) is 5.42. The molecule has 4 N–H and O–H groups in total. The van der Waals surface area contributed by atoms with Crippen LogP contribution >= 0.6 is 0 Å². The van der Waals surface area contributed by atoms with Crippen LogP contribution in [-0.4, -0.2) is 28.0 Å². The van der Waals surface area contributed by atoms with Gasteiger partial charge in [-0.3, -0.25) is 0 Å². The summed E-state index contributed by atoms with van der Waals surface area (Å²) in [6.45, 7) is 0.148. The normalized spacial score (nSPS) is 12.0. The summed E-state index contributed by atoms with van der Waals surface area (Å²) in [6.07, 6.45) is 0. The van der Waals surface area contributed by atoms with Gasteiger partial charge in [0, 0.05) is 5.56 Å². The number of urea groups is 1. The predicted molar refractivity (Wildman–Crippen MR) is 94.0 cm³/mol. The number of nitrogens with two attached hydrogens (primary N) is 2. The van der Waals surface area contributed by atoms with E-state index in [0.29, 0.717) is 28.4 Å². The Morgan fingerprint density at radius 2 is 1.81 bits per heavy atom. The number of nitrogen functional groups attached to an aromatic ring is 1. The van der Waals surface area contributed by atoms with Crippen LogP contribution in [0.2, 0.25) is 0 Å². The first-order valence-corrected chi connectivity index (χ1v) is 7.68. The van der Waals surface area contributed by atoms with Crippen molar-refractivity contribution in [3.05, 3.63) is 48.5 Å². The molecule has 0 atom stereocenters. The van der Waals surface area contributed by atoms with Crippen LogP contribution in [0.4, 0.5) is 22.2 Å². The van der Waals surface area contributed by atoms with Crippen molar-refractivity contribution in [3.63, 3.8) is 0 Å². The number of fused-ring (bicyclic) bond motifs is 1. The van der Waals surface area contributed by atoms with Gasteiger partial charge < -0.3 is 20.9 Å². The van der Waals surface area contributed by atoms with Crippen LogP contribution < -0.4 is 25.8 Å². The minimum atomic E-state index is -0.724. The molecule has 0 fully saturated rings. The zero-order valence-corrected chi connectivity index (χ0v) is 13.5. The molecule has 4 rings (SSSR count). The molecule has 130 valence electrons. The van der Waals surface area contributed by atoms with Crippen LogP contribution in [0.1, 0.15) is 0 Å². The minimum absolute atomic E-state index is 0.0772. The maximum absolute atomic E-state index is 12.2. The second-order valence-electron chi connectivity index (χ2n) is 5.42. The fourth-order valence-electron chi connectivity index (χ4n) is 2.65. The van der Waals surface area contributed by atoms with Crippen LogP contribution in [0.5, 0.6) is 11.5 Å². The summed E-state index contributed by atoms with van der Waals surface area (Å²) in [5.74, 6) is 1.29. The molecule has 1 aliphatic heterocycles. The molecule has 1 aromatic heterocycles. The highest BCUT2D eigenvalue weighted by Crippen LogP contribution is 2.38. The van der Waals surface area contributed by atoms with Gasteiger partial charge in [0.2, 0.25) is 12.7 Å². The number of carbonyl (C=O) groups excluding carboxylic acids is 1. The summed E-state index contributed by atoms with van der Waals surface area (Å²) in [5.41, 5.74) is 12.8. The minimum Gasteiger partial charge on any atom is -0.454 e. The molecule has 9 heteroatoms. The monoisotopic (exact) mass is 350 g/mol. The van der Waals surface area contributed by atoms with Gasteiger partial charge in [-0.2, -0.15) is 4.98 Å². The van der Waals surface area contributed by atoms with Crippen molar-refractivity contribution in [1.82, 2.24) is 15.2 Å². The van der Waals surface area contributed by atoms with E-state index in [0.717, 1.165) is 0 Å². The van der Waals surface area contributed by atoms with Crippen molar-refractivity contribution < 1.29 is 14.3 Å². The van der Waals surface area contributed by atoms with Crippen molar-refractivity contribution in [3.8, 4) is 22.8 Å². The van der Waals surface area contributed by atoms with Crippen LogP contribution in [0.15, 0.2) is 48.5 Å². The standard InChI is InChI=1S/C17H14N6O3/c18-16-20-15(23(17(19)24)11-4-2-1-3-5-11)14(21-22-16)10-6-7-12-13(8-10)26-9-25-12/h1-8H,9H2,(H2,19,24)(H2,18,20,22). The van der Waals surface area contributed by atoms with Crippen molar-refractivity contribution in [2.24, 2.45) is 5.73 Å². The second kappa shape index (κ2) is 6.20. The Labute approximate surface area is 148 Å². The van der Waals surface area contributed by atoms with Gasteiger partial charge in [0.05, 0.1) is 5.69 Å². The third-order valence-electron chi connectivity index (χ3n) is 3.78. The molecule has 2 amide bonds. The third-order valence-corrected chi connectivity index (χ3v) is 3.78. The van der Waals surface area contributed by atoms with Gasteiger partial charge in [0.25, 0.3) is 0 Å². The van der Waals surface area contributed by atoms with E-state index in [9.17, 15) is 4.79 Å². The Hall–Kier alpha value is -3.88. The van der Waals surface area contributed by atoms with E-state index in [1.165, 1.54) is 4.90 Å². The summed E-state index contributed by atoms with van der Waals surface area (Å²) >= 11 is 0. The van der Waals surface area contributed by atoms with Gasteiger partial charge in [0.1, 0.15) is 5.69 Å². The number of amides is 2. The zero-order valence-electron chi connectivity index (χ0n) is 13.5. The maximum Gasteiger partial charge on any atom is 0.325 e. The lowest BCUT2D eigenvalue weighted by Crippen LogP contribution is -2.33. The Bertz CT molecular complexity index is 979. The van der Waals surface area contributed by atoms with E-state index in [1.54, 1.807) is 42.5 Å². The highest BCUT2D eigenvalue weighted by Gasteiger charge is 2.24. The first-order chi connectivity index (χ1) is 12.6. The zero-order chi connectivity index (χ0) is 18.1. The Balaban J connectivity index is 1.88. The van der Waals surface area contributed by atoms with Crippen molar-refractivity contribution >= 4 is 23.5 Å². The average molecular weight is 350 g/mol. The molecule has 2 aromatic carbocycles. The lowest BCUT2D eigenvalue weighted by atomic mass is 10.1. The summed E-state index contributed by atoms with van der Waals surface area (Å²) in [5, 5.41) is 7.93. The van der Waals surface area contributed by atoms with E-state index < -0.39 is 6.03 Å². The number of aromatic nitrogens is 3. The number of ether oxygens (including phenoxy) is 2. The molecule has 0 radical (unpaired) electrons. The average Bonchev–Trinajstić information content (AvgIpc) is 3.10. The van der Waals surface area contributed by atoms with Crippen LogP contribution in [0, 0.1) is 0 Å². The molecule has 0 saturated heterocycles. The number of rotatable bonds is 3. The van der Waals surface area contributed by atoms with Crippen molar-refractivity contribution in [2.45, 2.75) is 0 Å². The molecule has 3 aromatic rings. The number of hydrogen-bond donors (Lipinski definition) is 2. The first-order valence-electron chi connectivity index (χ1n) is 7.68. The van der Waals surface area contributed by atoms with E-state index >= 15 is 0 Å². The van der Waals surface area contributed by atoms with Crippen molar-refractivity contribution in [1.29, 1.82) is 0 Å². The lowest BCUT2D eigenvalue weighted by molar-refractivity contribution is 0.174. The predicted octanol–water partition coefficient (Wildman–Crippen LogP) is 2.07. The van der Waals surface area contributed by atoms with Gasteiger partial charge in [-0.15, -0.1) is 10.2 Å². The molecular formula is C17H14N6O3. The number of benzene rings is 2. The molecule has 1 aliphatic rings. The van der Waals surface area contributed by atoms with E-state index in [4.69, 9.17) is 20.9 Å². The van der Waals surface area contributed by atoms with Crippen LogP contribution in [0.3, 0.4) is 0 Å². The van der Waals surface area contributed by atoms with Crippen molar-refractivity contribution in [2.75, 3.05) is 17.4 Å². The van der Waals surface area contributed by atoms with Crippen LogP contribution in [0.25, 0.3) is 11.3 Å². The van der Waals surface area contributed by atoms with Gasteiger partial charge >= 0.3 is 6.03 Å². The van der Waals surface area contributed by atoms with E-state index in [2.05, 4.69) is 15.2 Å². The van der Waals surface area contributed by atoms with Gasteiger partial charge in [-0.05, 0) is 30.3 Å². The lowest BCUT2D eigenvalue weighted by Gasteiger charge is -2.21. The number of nitrogens with zero attached hydrogens (tertiary/aromatic N) is 4. The number of primary amides is 1. The molecule has 0 saturated carbocycles. The smallest absolute Gasteiger partial charge is 0.325 e. The maximum atomic E-state index is 12.2. The van der Waals surface area contributed by atoms with Gasteiger partial charge in [0.15, 0.2) is 17.3 Å². The Kier molecular flexibility index (Phi) is 3.73. The molecule has 2 heterocycles. The topological polar surface area (TPSA) is 129 Å². The number of anilines is 3. The molecule has 0 aliphatic carbocycles. The first kappa shape index (κ1) is 15.6. The fraction of sp³-hybridized carbons (Fsp3) is 0.0588. The van der Waals surface area contributed by atoms with E-state index in [1.807, 2.05) is 6.07 Å².